The Morgan fingerprint density at radius 1 is 0.733 bits per heavy atom. The molecule has 0 aliphatic heterocycles. The number of carbonyl (C=O) groups excluding carboxylic acids is 2. The fraction of sp³-hybridized carbons (Fsp3) is 0.826. The van der Waals surface area contributed by atoms with Crippen LogP contribution >= 0.6 is 0 Å². The summed E-state index contributed by atoms with van der Waals surface area (Å²) in [6.07, 6.45) is 14.4. The van der Waals surface area contributed by atoms with Crippen molar-refractivity contribution in [1.29, 1.82) is 0 Å². The Hall–Kier alpha value is -1.92. The largest absolute Gasteiger partial charge is 0.481 e. The molecule has 1 unspecified atom stereocenters. The van der Waals surface area contributed by atoms with E-state index in [2.05, 4.69) is 5.32 Å². The number of amides is 1. The van der Waals surface area contributed by atoms with Crippen molar-refractivity contribution >= 4 is 24.1 Å². The van der Waals surface area contributed by atoms with Crippen LogP contribution in [0.25, 0.3) is 0 Å². The van der Waals surface area contributed by atoms with Gasteiger partial charge in [-0.1, -0.05) is 78.1 Å². The molecule has 0 radical (unpaired) electrons. The summed E-state index contributed by atoms with van der Waals surface area (Å²) < 4.78 is 0. The average Bonchev–Trinajstić information content (AvgIpc) is 2.72. The summed E-state index contributed by atoms with van der Waals surface area (Å²) in [4.78, 5) is 43.5. The maximum absolute atomic E-state index is 11.8. The minimum absolute atomic E-state index is 0.127. The van der Waals surface area contributed by atoms with Crippen molar-refractivity contribution in [2.45, 2.75) is 123 Å². The molecule has 0 saturated heterocycles. The van der Waals surface area contributed by atoms with Gasteiger partial charge in [0.05, 0.1) is 0 Å². The van der Waals surface area contributed by atoms with E-state index in [1.165, 1.54) is 32.1 Å². The monoisotopic (exact) mass is 429 g/mol. The van der Waals surface area contributed by atoms with E-state index in [0.717, 1.165) is 44.9 Å². The van der Waals surface area contributed by atoms with Crippen LogP contribution < -0.4 is 5.32 Å². The van der Waals surface area contributed by atoms with Gasteiger partial charge >= 0.3 is 11.9 Å². The molecule has 1 atom stereocenters. The predicted molar refractivity (Wildman–Crippen MR) is 118 cm³/mol. The van der Waals surface area contributed by atoms with E-state index in [4.69, 9.17) is 10.2 Å². The molecule has 0 aromatic heterocycles. The van der Waals surface area contributed by atoms with Gasteiger partial charge in [0.1, 0.15) is 12.3 Å². The zero-order valence-corrected chi connectivity index (χ0v) is 19.0. The number of rotatable bonds is 20. The number of carboxylic acids is 2. The highest BCUT2D eigenvalue weighted by Gasteiger charge is 2.18. The average molecular weight is 430 g/mol. The molecule has 1 amide bonds. The highest BCUT2D eigenvalue weighted by molar-refractivity contribution is 5.83. The van der Waals surface area contributed by atoms with Crippen LogP contribution in [0.2, 0.25) is 0 Å². The lowest BCUT2D eigenvalue weighted by Crippen LogP contribution is -2.40. The number of unbranched alkanes of at least 4 members (excludes halogenated alkanes) is 11. The third-order valence-corrected chi connectivity index (χ3v) is 4.75. The van der Waals surface area contributed by atoms with Gasteiger partial charge in [0.25, 0.3) is 0 Å². The molecular weight excluding hydrogens is 386 g/mol. The number of hydrogen-bond donors (Lipinski definition) is 3. The molecule has 0 spiro atoms. The molecule has 0 heterocycles. The first-order valence-corrected chi connectivity index (χ1v) is 11.6. The molecule has 30 heavy (non-hydrogen) atoms. The van der Waals surface area contributed by atoms with E-state index in [1.54, 1.807) is 0 Å². The van der Waals surface area contributed by atoms with E-state index in [9.17, 15) is 19.2 Å². The second-order valence-corrected chi connectivity index (χ2v) is 7.34. The summed E-state index contributed by atoms with van der Waals surface area (Å²) in [5, 5.41) is 20.0. The molecule has 0 fully saturated rings. The van der Waals surface area contributed by atoms with E-state index < -0.39 is 18.0 Å². The predicted octanol–water partition coefficient (Wildman–Crippen LogP) is 5.11. The standard InChI is InChI=1S/C21H37NO6.C2H6/c23-17-13-14-18(21(27)28)22-19(24)15-11-9-7-5-3-1-2-4-6-8-10-12-16-20(25)26;1-2/h17-18H,1-16H2,(H,22,24)(H,25,26)(H,27,28);1-2H3. The lowest BCUT2D eigenvalue weighted by atomic mass is 10.0. The lowest BCUT2D eigenvalue weighted by molar-refractivity contribution is -0.142. The van der Waals surface area contributed by atoms with Crippen LogP contribution in [0, 0.1) is 0 Å². The van der Waals surface area contributed by atoms with Crippen molar-refractivity contribution in [1.82, 2.24) is 5.32 Å². The Kier molecular flexibility index (Phi) is 23.6. The van der Waals surface area contributed by atoms with Crippen molar-refractivity contribution in [3.05, 3.63) is 0 Å². The van der Waals surface area contributed by atoms with E-state index in [0.29, 0.717) is 12.7 Å². The number of carboxylic acid groups (broad SMARTS) is 2. The molecule has 7 nitrogen and oxygen atoms in total. The van der Waals surface area contributed by atoms with Crippen molar-refractivity contribution < 1.29 is 29.4 Å². The third kappa shape index (κ3) is 22.4. The van der Waals surface area contributed by atoms with Crippen LogP contribution in [0.4, 0.5) is 0 Å². The number of hydrogen-bond acceptors (Lipinski definition) is 4. The topological polar surface area (TPSA) is 121 Å². The summed E-state index contributed by atoms with van der Waals surface area (Å²) >= 11 is 0. The molecule has 176 valence electrons. The zero-order valence-electron chi connectivity index (χ0n) is 19.0. The minimum atomic E-state index is -1.10. The molecule has 0 aliphatic rings. The fourth-order valence-electron chi connectivity index (χ4n) is 3.09. The highest BCUT2D eigenvalue weighted by Crippen LogP contribution is 2.13. The first-order valence-electron chi connectivity index (χ1n) is 11.6. The quantitative estimate of drug-likeness (QED) is 0.183. The summed E-state index contributed by atoms with van der Waals surface area (Å²) in [6, 6.07) is -0.977. The van der Waals surface area contributed by atoms with Crippen LogP contribution in [0.1, 0.15) is 117 Å². The van der Waals surface area contributed by atoms with Gasteiger partial charge in [0.15, 0.2) is 0 Å². The maximum Gasteiger partial charge on any atom is 0.326 e. The van der Waals surface area contributed by atoms with Crippen LogP contribution in [0.15, 0.2) is 0 Å². The van der Waals surface area contributed by atoms with Crippen molar-refractivity contribution in [2.75, 3.05) is 0 Å². The van der Waals surface area contributed by atoms with Gasteiger partial charge in [0.2, 0.25) is 5.91 Å². The number of carbonyl (C=O) groups is 4. The van der Waals surface area contributed by atoms with Gasteiger partial charge in [-0.25, -0.2) is 4.79 Å². The van der Waals surface area contributed by atoms with E-state index in [-0.39, 0.29) is 25.2 Å². The van der Waals surface area contributed by atoms with Crippen molar-refractivity contribution in [3.8, 4) is 0 Å². The van der Waals surface area contributed by atoms with Crippen LogP contribution in [-0.4, -0.2) is 40.4 Å². The molecule has 0 aromatic rings. The Labute approximate surface area is 182 Å². The molecular formula is C23H43NO6. The molecule has 0 aliphatic carbocycles. The highest BCUT2D eigenvalue weighted by atomic mass is 16.4. The third-order valence-electron chi connectivity index (χ3n) is 4.75. The fourth-order valence-corrected chi connectivity index (χ4v) is 3.09. The van der Waals surface area contributed by atoms with Gasteiger partial charge in [-0.15, -0.1) is 0 Å². The molecule has 0 bridgehead atoms. The van der Waals surface area contributed by atoms with Crippen LogP contribution in [0.3, 0.4) is 0 Å². The smallest absolute Gasteiger partial charge is 0.326 e. The number of aldehydes is 1. The normalized spacial score (nSPS) is 11.1. The minimum Gasteiger partial charge on any atom is -0.481 e. The second-order valence-electron chi connectivity index (χ2n) is 7.34. The van der Waals surface area contributed by atoms with Gasteiger partial charge in [0, 0.05) is 19.3 Å². The SMILES string of the molecule is CC.O=CCCC(NC(=O)CCCCCCCCCCCCCCC(=O)O)C(=O)O. The number of aliphatic carboxylic acids is 2. The van der Waals surface area contributed by atoms with E-state index >= 15 is 0 Å². The zero-order chi connectivity index (χ0) is 23.0. The first kappa shape index (κ1) is 30.3. The molecule has 7 heteroatoms. The summed E-state index contributed by atoms with van der Waals surface area (Å²) in [5.74, 6) is -2.07. The summed E-state index contributed by atoms with van der Waals surface area (Å²) in [5.41, 5.74) is 0. The second kappa shape index (κ2) is 23.4. The van der Waals surface area contributed by atoms with Crippen molar-refractivity contribution in [3.63, 3.8) is 0 Å². The maximum atomic E-state index is 11.8. The summed E-state index contributed by atoms with van der Waals surface area (Å²) in [7, 11) is 0. The molecule has 0 saturated carbocycles. The summed E-state index contributed by atoms with van der Waals surface area (Å²) in [6.45, 7) is 4.00. The van der Waals surface area contributed by atoms with Crippen LogP contribution in [-0.2, 0) is 19.2 Å². The van der Waals surface area contributed by atoms with E-state index in [1.807, 2.05) is 13.8 Å². The Morgan fingerprint density at radius 3 is 1.50 bits per heavy atom. The van der Waals surface area contributed by atoms with Gasteiger partial charge < -0.3 is 20.3 Å². The first-order chi connectivity index (χ1) is 14.5. The Bertz CT molecular complexity index is 453. The van der Waals surface area contributed by atoms with Gasteiger partial charge in [-0.05, 0) is 19.3 Å². The Balaban J connectivity index is 0. The Morgan fingerprint density at radius 2 is 1.13 bits per heavy atom. The number of nitrogens with one attached hydrogen (secondary N) is 1. The molecule has 0 aromatic carbocycles. The lowest BCUT2D eigenvalue weighted by Gasteiger charge is -2.13. The molecule has 3 N–H and O–H groups in total. The van der Waals surface area contributed by atoms with Gasteiger partial charge in [-0.2, -0.15) is 0 Å². The van der Waals surface area contributed by atoms with Crippen LogP contribution in [0.5, 0.6) is 0 Å². The van der Waals surface area contributed by atoms with Gasteiger partial charge in [-0.3, -0.25) is 9.59 Å². The molecule has 0 rings (SSSR count). The van der Waals surface area contributed by atoms with Crippen molar-refractivity contribution in [2.24, 2.45) is 0 Å².